The summed E-state index contributed by atoms with van der Waals surface area (Å²) in [7, 11) is 0. The number of hydrogen-bond donors (Lipinski definition) is 2. The van der Waals surface area contributed by atoms with Gasteiger partial charge in [0.05, 0.1) is 6.04 Å². The highest BCUT2D eigenvalue weighted by molar-refractivity contribution is 9.10. The number of benzene rings is 1. The first-order valence-electron chi connectivity index (χ1n) is 5.75. The van der Waals surface area contributed by atoms with E-state index in [1.807, 2.05) is 18.2 Å². The summed E-state index contributed by atoms with van der Waals surface area (Å²) in [6.07, 6.45) is 0.827. The third kappa shape index (κ3) is 4.78. The largest absolute Gasteiger partial charge is 0.492 e. The molecule has 0 spiro atoms. The molecule has 3 nitrogen and oxygen atoms in total. The number of nitrogens with one attached hydrogen (secondary N) is 1. The molecule has 0 fully saturated rings. The van der Waals surface area contributed by atoms with Gasteiger partial charge in [-0.2, -0.15) is 0 Å². The van der Waals surface area contributed by atoms with Gasteiger partial charge in [0.25, 0.3) is 0 Å². The van der Waals surface area contributed by atoms with E-state index in [4.69, 9.17) is 22.2 Å². The van der Waals surface area contributed by atoms with E-state index in [0.717, 1.165) is 16.6 Å². The highest BCUT2D eigenvalue weighted by atomic mass is 79.9. The van der Waals surface area contributed by atoms with Crippen LogP contribution < -0.4 is 16.0 Å². The average molecular weight is 362 g/mol. The molecule has 3 N–H and O–H groups in total. The quantitative estimate of drug-likeness (QED) is 0.610. The Morgan fingerprint density at radius 2 is 2.26 bits per heavy atom. The third-order valence-corrected chi connectivity index (χ3v) is 4.51. The summed E-state index contributed by atoms with van der Waals surface area (Å²) in [5.41, 5.74) is 2.78. The molecule has 0 saturated carbocycles. The highest BCUT2D eigenvalue weighted by Crippen LogP contribution is 2.21. The highest BCUT2D eigenvalue weighted by Gasteiger charge is 2.10. The third-order valence-electron chi connectivity index (χ3n) is 2.55. The van der Waals surface area contributed by atoms with Crippen LogP contribution >= 0.6 is 38.9 Å². The minimum absolute atomic E-state index is 0.0598. The lowest BCUT2D eigenvalue weighted by Crippen LogP contribution is -2.41. The Bertz CT molecular complexity index is 535. The van der Waals surface area contributed by atoms with Gasteiger partial charge in [0.1, 0.15) is 12.4 Å². The van der Waals surface area contributed by atoms with Crippen LogP contribution in [0.5, 0.6) is 5.75 Å². The molecule has 0 aliphatic heterocycles. The summed E-state index contributed by atoms with van der Waals surface area (Å²) in [6, 6.07) is 9.49. The minimum Gasteiger partial charge on any atom is -0.492 e. The first kappa shape index (κ1) is 14.8. The number of hydrogen-bond acceptors (Lipinski definition) is 4. The average Bonchev–Trinajstić information content (AvgIpc) is 2.80. The predicted octanol–water partition coefficient (Wildman–Crippen LogP) is 3.62. The van der Waals surface area contributed by atoms with Crippen molar-refractivity contribution >= 4 is 38.9 Å². The maximum absolute atomic E-state index is 5.90. The van der Waals surface area contributed by atoms with Gasteiger partial charge in [-0.15, -0.1) is 11.3 Å². The monoisotopic (exact) mass is 360 g/mol. The fraction of sp³-hybridized carbons (Fsp3) is 0.231. The second-order valence-corrected chi connectivity index (χ2v) is 6.42. The van der Waals surface area contributed by atoms with E-state index in [-0.39, 0.29) is 6.04 Å². The van der Waals surface area contributed by atoms with Gasteiger partial charge in [-0.25, -0.2) is 0 Å². The molecule has 0 aliphatic carbocycles. The van der Waals surface area contributed by atoms with Crippen LogP contribution in [-0.2, 0) is 6.42 Å². The molecule has 2 rings (SSSR count). The van der Waals surface area contributed by atoms with E-state index in [1.54, 1.807) is 17.4 Å². The van der Waals surface area contributed by atoms with Crippen LogP contribution in [0.4, 0.5) is 0 Å². The Morgan fingerprint density at radius 1 is 1.42 bits per heavy atom. The van der Waals surface area contributed by atoms with E-state index in [0.29, 0.717) is 11.6 Å². The Hall–Kier alpha value is -0.590. The van der Waals surface area contributed by atoms with Crippen molar-refractivity contribution in [2.75, 3.05) is 6.61 Å². The van der Waals surface area contributed by atoms with Crippen molar-refractivity contribution in [3.63, 3.8) is 0 Å². The summed E-state index contributed by atoms with van der Waals surface area (Å²) < 4.78 is 6.78. The van der Waals surface area contributed by atoms with Gasteiger partial charge >= 0.3 is 0 Å². The molecule has 0 bridgehead atoms. The smallest absolute Gasteiger partial charge is 0.120 e. The van der Waals surface area contributed by atoms with Crippen LogP contribution in [0.2, 0.25) is 5.02 Å². The number of thiophene rings is 1. The van der Waals surface area contributed by atoms with Crippen molar-refractivity contribution in [1.82, 2.24) is 5.43 Å². The van der Waals surface area contributed by atoms with Crippen molar-refractivity contribution in [2.24, 2.45) is 5.84 Å². The lowest BCUT2D eigenvalue weighted by molar-refractivity contribution is 0.265. The predicted molar refractivity (Wildman–Crippen MR) is 83.8 cm³/mol. The lowest BCUT2D eigenvalue weighted by Gasteiger charge is -2.16. The minimum atomic E-state index is 0.0598. The van der Waals surface area contributed by atoms with Crippen molar-refractivity contribution in [3.05, 3.63) is 50.1 Å². The van der Waals surface area contributed by atoms with Crippen molar-refractivity contribution in [3.8, 4) is 5.75 Å². The van der Waals surface area contributed by atoms with E-state index in [9.17, 15) is 0 Å². The Balaban J connectivity index is 1.89. The maximum atomic E-state index is 5.90. The number of ether oxygens (including phenoxy) is 1. The summed E-state index contributed by atoms with van der Waals surface area (Å²) >= 11 is 11.0. The molecule has 19 heavy (non-hydrogen) atoms. The zero-order chi connectivity index (χ0) is 13.7. The fourth-order valence-corrected chi connectivity index (χ4v) is 3.34. The molecule has 1 atom stereocenters. The summed E-state index contributed by atoms with van der Waals surface area (Å²) in [4.78, 5) is 1.25. The molecule has 1 aromatic heterocycles. The molecule has 0 aliphatic rings. The Morgan fingerprint density at radius 3 is 2.89 bits per heavy atom. The second-order valence-electron chi connectivity index (χ2n) is 4.07. The molecular formula is C13H14BrClN2OS. The molecule has 1 aromatic carbocycles. The van der Waals surface area contributed by atoms with Crippen LogP contribution in [0.1, 0.15) is 4.88 Å². The fourth-order valence-electron chi connectivity index (χ4n) is 1.62. The van der Waals surface area contributed by atoms with Gasteiger partial charge in [-0.3, -0.25) is 11.3 Å². The molecular weight excluding hydrogens is 348 g/mol. The SMILES string of the molecule is NNC(COc1cccc(Cl)c1)Cc1cc(Br)cs1. The van der Waals surface area contributed by atoms with Crippen LogP contribution in [0.3, 0.4) is 0 Å². The molecule has 0 amide bonds. The molecule has 1 heterocycles. The first-order chi connectivity index (χ1) is 9.17. The normalized spacial score (nSPS) is 12.4. The Kier molecular flexibility index (Phi) is 5.66. The topological polar surface area (TPSA) is 47.3 Å². The van der Waals surface area contributed by atoms with Crippen LogP contribution in [0.15, 0.2) is 40.2 Å². The van der Waals surface area contributed by atoms with Crippen LogP contribution in [0.25, 0.3) is 0 Å². The van der Waals surface area contributed by atoms with Crippen molar-refractivity contribution in [1.29, 1.82) is 0 Å². The van der Waals surface area contributed by atoms with E-state index < -0.39 is 0 Å². The first-order valence-corrected chi connectivity index (χ1v) is 7.80. The molecule has 1 unspecified atom stereocenters. The van der Waals surface area contributed by atoms with E-state index >= 15 is 0 Å². The standard InChI is InChI=1S/C13H14BrClN2OS/c14-9-4-13(19-8-9)6-11(17-16)7-18-12-3-1-2-10(15)5-12/h1-5,8,11,17H,6-7,16H2. The van der Waals surface area contributed by atoms with Crippen molar-refractivity contribution in [2.45, 2.75) is 12.5 Å². The molecule has 2 aromatic rings. The maximum Gasteiger partial charge on any atom is 0.120 e. The number of hydrazine groups is 1. The molecule has 0 saturated heterocycles. The van der Waals surface area contributed by atoms with Crippen molar-refractivity contribution < 1.29 is 4.74 Å². The number of rotatable bonds is 6. The van der Waals surface area contributed by atoms with Gasteiger partial charge in [0, 0.05) is 26.2 Å². The van der Waals surface area contributed by atoms with Crippen LogP contribution in [-0.4, -0.2) is 12.6 Å². The van der Waals surface area contributed by atoms with E-state index in [1.165, 1.54) is 4.88 Å². The summed E-state index contributed by atoms with van der Waals surface area (Å²) in [5.74, 6) is 6.31. The van der Waals surface area contributed by atoms with Gasteiger partial charge in [0.2, 0.25) is 0 Å². The van der Waals surface area contributed by atoms with Gasteiger partial charge < -0.3 is 4.74 Å². The summed E-state index contributed by atoms with van der Waals surface area (Å²) in [5, 5.41) is 2.72. The molecule has 0 radical (unpaired) electrons. The van der Waals surface area contributed by atoms with Gasteiger partial charge in [0.15, 0.2) is 0 Å². The Labute approximate surface area is 129 Å². The zero-order valence-corrected chi connectivity index (χ0v) is 13.3. The van der Waals surface area contributed by atoms with Gasteiger partial charge in [-0.1, -0.05) is 17.7 Å². The molecule has 102 valence electrons. The van der Waals surface area contributed by atoms with Gasteiger partial charge in [-0.05, 0) is 40.2 Å². The zero-order valence-electron chi connectivity index (χ0n) is 10.1. The number of halogens is 2. The van der Waals surface area contributed by atoms with Crippen LogP contribution in [0, 0.1) is 0 Å². The van der Waals surface area contributed by atoms with E-state index in [2.05, 4.69) is 32.8 Å². The molecule has 6 heteroatoms. The summed E-state index contributed by atoms with van der Waals surface area (Å²) in [6.45, 7) is 0.492. The second kappa shape index (κ2) is 7.26. The lowest BCUT2D eigenvalue weighted by atomic mass is 10.2. The number of nitrogens with two attached hydrogens (primary N) is 1.